The predicted molar refractivity (Wildman–Crippen MR) is 82.6 cm³/mol. The third kappa shape index (κ3) is 3.34. The first-order valence-corrected chi connectivity index (χ1v) is 7.81. The molecule has 1 aliphatic heterocycles. The van der Waals surface area contributed by atoms with Crippen molar-refractivity contribution in [2.75, 3.05) is 18.0 Å². The predicted octanol–water partition coefficient (Wildman–Crippen LogP) is 0.997. The van der Waals surface area contributed by atoms with Gasteiger partial charge in [-0.25, -0.2) is 4.98 Å². The van der Waals surface area contributed by atoms with Crippen molar-refractivity contribution in [3.63, 3.8) is 0 Å². The topological polar surface area (TPSA) is 65.8 Å². The highest BCUT2D eigenvalue weighted by atomic mass is 32.1. The number of nitrogens with zero attached hydrogens (tertiary/aromatic N) is 2. The summed E-state index contributed by atoms with van der Waals surface area (Å²) in [6.45, 7) is 8.92. The zero-order valence-corrected chi connectivity index (χ0v) is 13.4. The maximum atomic E-state index is 10.2. The average molecular weight is 298 g/mol. The van der Waals surface area contributed by atoms with Gasteiger partial charge in [0.1, 0.15) is 0 Å². The minimum atomic E-state index is -1.06. The van der Waals surface area contributed by atoms with Crippen molar-refractivity contribution in [2.45, 2.75) is 51.7 Å². The highest BCUT2D eigenvalue weighted by molar-refractivity contribution is 7.25. The Hall–Kier alpha value is -0.625. The quantitative estimate of drug-likeness (QED) is 0.794. The molecule has 0 aromatic carbocycles. The summed E-state index contributed by atoms with van der Waals surface area (Å²) in [7, 11) is -1.06. The third-order valence-corrected chi connectivity index (χ3v) is 5.10. The van der Waals surface area contributed by atoms with E-state index in [2.05, 4.69) is 9.88 Å². The third-order valence-electron chi connectivity index (χ3n) is 4.01. The molecule has 0 aliphatic carbocycles. The van der Waals surface area contributed by atoms with Crippen LogP contribution in [0.25, 0.3) is 0 Å². The molecular formula is C13H23BN2O3S. The highest BCUT2D eigenvalue weighted by Crippen LogP contribution is 2.26. The second-order valence-corrected chi connectivity index (χ2v) is 7.32. The lowest BCUT2D eigenvalue weighted by Gasteiger charge is -2.38. The first-order chi connectivity index (χ1) is 9.21. The highest BCUT2D eigenvalue weighted by Gasteiger charge is 2.40. The van der Waals surface area contributed by atoms with Crippen LogP contribution in [0.3, 0.4) is 0 Å². The fourth-order valence-electron chi connectivity index (χ4n) is 1.93. The van der Waals surface area contributed by atoms with Gasteiger partial charge in [0.25, 0.3) is 0 Å². The van der Waals surface area contributed by atoms with E-state index in [1.807, 2.05) is 0 Å². The second kappa shape index (κ2) is 5.64. The van der Waals surface area contributed by atoms with E-state index in [1.54, 1.807) is 33.9 Å². The molecule has 1 aliphatic rings. The summed E-state index contributed by atoms with van der Waals surface area (Å²) >= 11 is 1.45. The number of thiazole rings is 1. The number of hydrogen-bond acceptors (Lipinski definition) is 6. The van der Waals surface area contributed by atoms with Crippen LogP contribution in [0.1, 0.15) is 40.5 Å². The van der Waals surface area contributed by atoms with Crippen LogP contribution in [-0.4, -0.2) is 46.5 Å². The Bertz CT molecular complexity index is 453. The van der Waals surface area contributed by atoms with Crippen LogP contribution in [-0.2, 0) is 4.65 Å². The molecule has 0 atom stereocenters. The van der Waals surface area contributed by atoms with Gasteiger partial charge in [-0.05, 0) is 40.5 Å². The van der Waals surface area contributed by atoms with Crippen molar-refractivity contribution >= 4 is 28.4 Å². The van der Waals surface area contributed by atoms with E-state index in [-0.39, 0.29) is 0 Å². The van der Waals surface area contributed by atoms with E-state index >= 15 is 0 Å². The van der Waals surface area contributed by atoms with Crippen LogP contribution in [0.2, 0.25) is 0 Å². The monoisotopic (exact) mass is 298 g/mol. The maximum absolute atomic E-state index is 10.2. The average Bonchev–Trinajstić information content (AvgIpc) is 2.98. The van der Waals surface area contributed by atoms with Crippen LogP contribution < -0.4 is 9.68 Å². The summed E-state index contributed by atoms with van der Waals surface area (Å²) in [5.74, 6) is 0. The summed E-state index contributed by atoms with van der Waals surface area (Å²) in [6, 6.07) is 0. The number of hydrogen-bond donors (Lipinski definition) is 2. The first kappa shape index (κ1) is 15.8. The van der Waals surface area contributed by atoms with Crippen molar-refractivity contribution < 1.29 is 14.8 Å². The molecule has 5 nitrogen and oxygen atoms in total. The van der Waals surface area contributed by atoms with E-state index < -0.39 is 18.3 Å². The maximum Gasteiger partial charge on any atom is 0.504 e. The van der Waals surface area contributed by atoms with Crippen molar-refractivity contribution in [3.05, 3.63) is 6.20 Å². The Morgan fingerprint density at radius 3 is 2.45 bits per heavy atom. The zero-order valence-electron chi connectivity index (χ0n) is 12.6. The normalized spacial score (nSPS) is 16.8. The zero-order chi connectivity index (χ0) is 15.0. The van der Waals surface area contributed by atoms with Crippen LogP contribution in [0.15, 0.2) is 6.20 Å². The summed E-state index contributed by atoms with van der Waals surface area (Å²) in [6.07, 6.45) is 4.04. The van der Waals surface area contributed by atoms with Gasteiger partial charge in [-0.3, -0.25) is 0 Å². The number of anilines is 1. The molecule has 1 fully saturated rings. The van der Waals surface area contributed by atoms with Gasteiger partial charge >= 0.3 is 7.12 Å². The van der Waals surface area contributed by atoms with E-state index in [1.165, 1.54) is 24.2 Å². The molecule has 0 radical (unpaired) electrons. The molecule has 20 heavy (non-hydrogen) atoms. The van der Waals surface area contributed by atoms with Crippen molar-refractivity contribution in [3.8, 4) is 0 Å². The molecule has 0 amide bonds. The van der Waals surface area contributed by atoms with E-state index in [9.17, 15) is 10.1 Å². The van der Waals surface area contributed by atoms with Crippen molar-refractivity contribution in [2.24, 2.45) is 0 Å². The Kier molecular flexibility index (Phi) is 4.44. The van der Waals surface area contributed by atoms with Crippen molar-refractivity contribution in [1.29, 1.82) is 0 Å². The summed E-state index contributed by atoms with van der Waals surface area (Å²) < 4.78 is 6.29. The lowest BCUT2D eigenvalue weighted by molar-refractivity contribution is -0.0981. The van der Waals surface area contributed by atoms with Gasteiger partial charge in [-0.2, -0.15) is 0 Å². The molecule has 1 aromatic heterocycles. The van der Waals surface area contributed by atoms with Gasteiger partial charge in [-0.1, -0.05) is 0 Å². The van der Waals surface area contributed by atoms with Gasteiger partial charge in [0, 0.05) is 19.3 Å². The lowest BCUT2D eigenvalue weighted by atomic mass is 9.82. The molecule has 1 aromatic rings. The van der Waals surface area contributed by atoms with E-state index in [4.69, 9.17) is 4.65 Å². The Morgan fingerprint density at radius 1 is 1.30 bits per heavy atom. The first-order valence-electron chi connectivity index (χ1n) is 7.00. The molecule has 2 heterocycles. The molecule has 2 rings (SSSR count). The van der Waals surface area contributed by atoms with Gasteiger partial charge in [-0.15, -0.1) is 11.3 Å². The summed E-state index contributed by atoms with van der Waals surface area (Å²) in [4.78, 5) is 6.58. The summed E-state index contributed by atoms with van der Waals surface area (Å²) in [5.41, 5.74) is -1.90. The second-order valence-electron chi connectivity index (χ2n) is 6.28. The Balaban J connectivity index is 2.04. The standard InChI is InChI=1S/C13H23BN2O3S/c1-12(2,17)13(3,4)19-14(18)10-9-15-11(20-10)16-7-5-6-8-16/h9,17-18H,5-8H2,1-4H3. The molecular weight excluding hydrogens is 275 g/mol. The molecule has 0 bridgehead atoms. The molecule has 2 N–H and O–H groups in total. The smallest absolute Gasteiger partial charge is 0.422 e. The number of rotatable bonds is 5. The van der Waals surface area contributed by atoms with Gasteiger partial charge in [0.15, 0.2) is 5.13 Å². The largest absolute Gasteiger partial charge is 0.504 e. The van der Waals surface area contributed by atoms with Crippen molar-refractivity contribution in [1.82, 2.24) is 4.98 Å². The molecule has 1 saturated heterocycles. The Labute approximate surface area is 124 Å². The fourth-order valence-corrected chi connectivity index (χ4v) is 2.81. The van der Waals surface area contributed by atoms with Crippen LogP contribution in [0.5, 0.6) is 0 Å². The number of aromatic nitrogens is 1. The molecule has 0 spiro atoms. The van der Waals surface area contributed by atoms with Gasteiger partial charge in [0.2, 0.25) is 0 Å². The molecule has 0 saturated carbocycles. The van der Waals surface area contributed by atoms with Crippen LogP contribution >= 0.6 is 11.3 Å². The molecule has 112 valence electrons. The van der Waals surface area contributed by atoms with Crippen LogP contribution in [0, 0.1) is 0 Å². The minimum Gasteiger partial charge on any atom is -0.422 e. The Morgan fingerprint density at radius 2 is 1.90 bits per heavy atom. The molecule has 7 heteroatoms. The van der Waals surface area contributed by atoms with Gasteiger partial charge in [0.05, 0.1) is 16.0 Å². The van der Waals surface area contributed by atoms with E-state index in [0.29, 0.717) is 4.78 Å². The van der Waals surface area contributed by atoms with Crippen LogP contribution in [0.4, 0.5) is 5.13 Å². The molecule has 0 unspecified atom stereocenters. The minimum absolute atomic E-state index is 0.671. The SMILES string of the molecule is CC(C)(O)C(C)(C)OB(O)c1cnc(N2CCCC2)s1. The number of aliphatic hydroxyl groups is 1. The fraction of sp³-hybridized carbons (Fsp3) is 0.769. The van der Waals surface area contributed by atoms with E-state index in [0.717, 1.165) is 18.2 Å². The summed E-state index contributed by atoms with van der Waals surface area (Å²) in [5, 5.41) is 21.2. The van der Waals surface area contributed by atoms with Gasteiger partial charge < -0.3 is 19.7 Å². The lowest BCUT2D eigenvalue weighted by Crippen LogP contribution is -2.52.